The van der Waals surface area contributed by atoms with Gasteiger partial charge in [-0.3, -0.25) is 0 Å². The fourth-order valence-electron chi connectivity index (χ4n) is 8.51. The Morgan fingerprint density at radius 1 is 0.234 bits per heavy atom. The Hall–Kier alpha value is -8.53. The summed E-state index contributed by atoms with van der Waals surface area (Å²) in [5.41, 5.74) is 8.58. The molecule has 1 aromatic heterocycles. The van der Waals surface area contributed by atoms with Crippen LogP contribution in [-0.2, 0) is 0 Å². The summed E-state index contributed by atoms with van der Waals surface area (Å²) in [5, 5.41) is 6.19. The third-order valence-corrected chi connectivity index (χ3v) is 11.9. The molecule has 11 aromatic carbocycles. The standard InChI is InChI=1S/C61H39N3/c1-3-11-40(12-4-1)46-23-24-52-36-55(30-29-51(52)33-46)60-62-59(43-15-5-2-6-16-43)63-61(64-60)58-38-56(53-22-20-42-14-8-10-18-45(42)32-53)37-57(39-58)54-28-27-49-34-48(25-26-50(49)35-54)47-21-19-41-13-7-9-17-44(41)31-47/h1-39H/i8D,10D,14D,18D,20D,22D,32D. The van der Waals surface area contributed by atoms with E-state index in [0.29, 0.717) is 28.6 Å². The smallest absolute Gasteiger partial charge is 0.164 e. The number of benzene rings is 11. The predicted octanol–water partition coefficient (Wildman–Crippen LogP) is 16.2. The minimum atomic E-state index is -0.518. The Bertz CT molecular complexity index is 4140. The van der Waals surface area contributed by atoms with E-state index in [4.69, 9.17) is 21.8 Å². The van der Waals surface area contributed by atoms with E-state index in [2.05, 4.69) is 103 Å². The van der Waals surface area contributed by atoms with Crippen LogP contribution >= 0.6 is 0 Å². The van der Waals surface area contributed by atoms with Crippen molar-refractivity contribution in [2.75, 3.05) is 0 Å². The van der Waals surface area contributed by atoms with E-state index in [1.54, 1.807) is 6.07 Å². The van der Waals surface area contributed by atoms with Crippen LogP contribution in [0.25, 0.3) is 122 Å². The van der Waals surface area contributed by atoms with Crippen molar-refractivity contribution in [2.45, 2.75) is 0 Å². The van der Waals surface area contributed by atoms with Crippen molar-refractivity contribution in [3.05, 3.63) is 236 Å². The van der Waals surface area contributed by atoms with Gasteiger partial charge in [0.15, 0.2) is 17.5 Å². The minimum absolute atomic E-state index is 0.0541. The molecular weight excluding hydrogens is 775 g/mol. The molecule has 0 aliphatic carbocycles. The number of aromatic nitrogens is 3. The lowest BCUT2D eigenvalue weighted by Gasteiger charge is -2.14. The van der Waals surface area contributed by atoms with Gasteiger partial charge in [-0.1, -0.05) is 182 Å². The van der Waals surface area contributed by atoms with Crippen LogP contribution in [0, 0.1) is 0 Å². The van der Waals surface area contributed by atoms with Crippen molar-refractivity contribution in [3.63, 3.8) is 0 Å². The number of hydrogen-bond acceptors (Lipinski definition) is 3. The molecule has 0 bridgehead atoms. The highest BCUT2D eigenvalue weighted by molar-refractivity contribution is 5.95. The van der Waals surface area contributed by atoms with Crippen molar-refractivity contribution in [3.8, 4) is 78.7 Å². The zero-order valence-corrected chi connectivity index (χ0v) is 34.3. The summed E-state index contributed by atoms with van der Waals surface area (Å²) in [6.45, 7) is 0. The molecule has 0 atom stereocenters. The van der Waals surface area contributed by atoms with Gasteiger partial charge in [0, 0.05) is 16.7 Å². The van der Waals surface area contributed by atoms with E-state index in [1.165, 1.54) is 10.8 Å². The molecule has 0 aliphatic rings. The summed E-state index contributed by atoms with van der Waals surface area (Å²) < 4.78 is 62.4. The molecule has 0 fully saturated rings. The Labute approximate surface area is 381 Å². The average molecular weight is 821 g/mol. The van der Waals surface area contributed by atoms with Gasteiger partial charge >= 0.3 is 0 Å². The third-order valence-electron chi connectivity index (χ3n) is 11.9. The number of rotatable bonds is 7. The highest BCUT2D eigenvalue weighted by Crippen LogP contribution is 2.37. The molecule has 64 heavy (non-hydrogen) atoms. The highest BCUT2D eigenvalue weighted by Gasteiger charge is 2.16. The minimum Gasteiger partial charge on any atom is -0.208 e. The lowest BCUT2D eigenvalue weighted by Crippen LogP contribution is -2.00. The first-order chi connectivity index (χ1) is 34.6. The second-order valence-electron chi connectivity index (χ2n) is 16.0. The lowest BCUT2D eigenvalue weighted by molar-refractivity contribution is 1.07. The molecule has 0 amide bonds. The number of hydrogen-bond donors (Lipinski definition) is 0. The maximum absolute atomic E-state index is 9.54. The van der Waals surface area contributed by atoms with Crippen LogP contribution in [0.5, 0.6) is 0 Å². The Balaban J connectivity index is 1.05. The molecule has 3 heteroatoms. The van der Waals surface area contributed by atoms with Gasteiger partial charge in [-0.15, -0.1) is 0 Å². The van der Waals surface area contributed by atoms with E-state index in [1.807, 2.05) is 84.9 Å². The van der Waals surface area contributed by atoms with E-state index < -0.39 is 24.2 Å². The van der Waals surface area contributed by atoms with Gasteiger partial charge in [0.2, 0.25) is 0 Å². The third kappa shape index (κ3) is 7.15. The molecule has 0 spiro atoms. The second-order valence-corrected chi connectivity index (χ2v) is 16.0. The molecule has 0 aliphatic heterocycles. The SMILES string of the molecule is [2H]c1c([2H])c([2H])c2c([2H])c(-c3cc(-c4ccc5cc(-c6ccc7ccccc7c6)ccc5c4)cc(-c4nc(-c5ccccc5)nc(-c5ccc6cc(-c7ccccc7)ccc6c5)n4)c3)c([2H])c([2H])c2c1[2H]. The van der Waals surface area contributed by atoms with E-state index >= 15 is 0 Å². The maximum atomic E-state index is 9.54. The van der Waals surface area contributed by atoms with Crippen LogP contribution in [0.4, 0.5) is 0 Å². The van der Waals surface area contributed by atoms with Crippen molar-refractivity contribution < 1.29 is 9.60 Å². The summed E-state index contributed by atoms with van der Waals surface area (Å²) in [6, 6.07) is 62.7. The quantitative estimate of drug-likeness (QED) is 0.161. The van der Waals surface area contributed by atoms with Crippen LogP contribution in [0.15, 0.2) is 236 Å². The fourth-order valence-corrected chi connectivity index (χ4v) is 8.51. The molecule has 12 aromatic rings. The van der Waals surface area contributed by atoms with Gasteiger partial charge in [-0.25, -0.2) is 15.0 Å². The summed E-state index contributed by atoms with van der Waals surface area (Å²) >= 11 is 0. The Morgan fingerprint density at radius 3 is 1.27 bits per heavy atom. The van der Waals surface area contributed by atoms with E-state index in [-0.39, 0.29) is 34.5 Å². The molecule has 0 radical (unpaired) electrons. The van der Waals surface area contributed by atoms with Gasteiger partial charge in [0.1, 0.15) is 0 Å². The largest absolute Gasteiger partial charge is 0.208 e. The first-order valence-corrected chi connectivity index (χ1v) is 21.2. The highest BCUT2D eigenvalue weighted by atomic mass is 15.0. The monoisotopic (exact) mass is 820 g/mol. The summed E-state index contributed by atoms with van der Waals surface area (Å²) in [7, 11) is 0. The van der Waals surface area contributed by atoms with Gasteiger partial charge in [-0.05, 0) is 142 Å². The summed E-state index contributed by atoms with van der Waals surface area (Å²) in [4.78, 5) is 15.3. The molecule has 0 unspecified atom stereocenters. The molecule has 12 rings (SSSR count). The van der Waals surface area contributed by atoms with Crippen LogP contribution in [0.3, 0.4) is 0 Å². The Kier molecular flexibility index (Phi) is 7.50. The normalized spacial score (nSPS) is 13.0. The fraction of sp³-hybridized carbons (Fsp3) is 0. The summed E-state index contributed by atoms with van der Waals surface area (Å²) in [6.07, 6.45) is 0. The van der Waals surface area contributed by atoms with Crippen LogP contribution < -0.4 is 0 Å². The predicted molar refractivity (Wildman–Crippen MR) is 268 cm³/mol. The molecule has 1 heterocycles. The van der Waals surface area contributed by atoms with Gasteiger partial charge in [0.25, 0.3) is 0 Å². The van der Waals surface area contributed by atoms with Crippen LogP contribution in [-0.4, -0.2) is 15.0 Å². The lowest BCUT2D eigenvalue weighted by atomic mass is 9.93. The van der Waals surface area contributed by atoms with Crippen molar-refractivity contribution in [2.24, 2.45) is 0 Å². The molecule has 298 valence electrons. The van der Waals surface area contributed by atoms with Crippen molar-refractivity contribution in [1.29, 1.82) is 0 Å². The maximum Gasteiger partial charge on any atom is 0.164 e. The number of nitrogens with zero attached hydrogens (tertiary/aromatic N) is 3. The van der Waals surface area contributed by atoms with Gasteiger partial charge < -0.3 is 0 Å². The first-order valence-electron chi connectivity index (χ1n) is 24.7. The van der Waals surface area contributed by atoms with Crippen molar-refractivity contribution in [1.82, 2.24) is 15.0 Å². The average Bonchev–Trinajstić information content (AvgIpc) is 3.42. The van der Waals surface area contributed by atoms with Crippen LogP contribution in [0.1, 0.15) is 9.60 Å². The second kappa shape index (κ2) is 15.7. The van der Waals surface area contributed by atoms with Gasteiger partial charge in [-0.2, -0.15) is 0 Å². The van der Waals surface area contributed by atoms with E-state index in [0.717, 1.165) is 66.1 Å². The zero-order valence-electron chi connectivity index (χ0n) is 41.3. The summed E-state index contributed by atoms with van der Waals surface area (Å²) in [5.74, 6) is 1.23. The molecular formula is C61H39N3. The molecule has 3 nitrogen and oxygen atoms in total. The van der Waals surface area contributed by atoms with Crippen molar-refractivity contribution >= 4 is 43.1 Å². The first kappa shape index (κ1) is 30.5. The molecule has 0 N–H and O–H groups in total. The Morgan fingerprint density at radius 2 is 0.641 bits per heavy atom. The molecule has 0 saturated carbocycles. The van der Waals surface area contributed by atoms with Crippen LogP contribution in [0.2, 0.25) is 0 Å². The molecule has 0 saturated heterocycles. The van der Waals surface area contributed by atoms with E-state index in [9.17, 15) is 2.74 Å². The zero-order chi connectivity index (χ0) is 48.5. The van der Waals surface area contributed by atoms with Gasteiger partial charge in [0.05, 0.1) is 9.60 Å². The number of fused-ring (bicyclic) bond motifs is 4. The topological polar surface area (TPSA) is 38.7 Å².